The summed E-state index contributed by atoms with van der Waals surface area (Å²) in [5.74, 6) is 2.36. The van der Waals surface area contributed by atoms with E-state index in [1.807, 2.05) is 74.0 Å². The molecule has 0 saturated heterocycles. The third-order valence-corrected chi connectivity index (χ3v) is 5.18. The topological polar surface area (TPSA) is 104 Å². The highest BCUT2D eigenvalue weighted by molar-refractivity contribution is 7.98. The van der Waals surface area contributed by atoms with Gasteiger partial charge in [0.05, 0.1) is 5.39 Å². The van der Waals surface area contributed by atoms with Gasteiger partial charge in [0.2, 0.25) is 11.8 Å². The maximum atomic E-state index is 6.11. The molecule has 5 rings (SSSR count). The van der Waals surface area contributed by atoms with Crippen LogP contribution in [0.25, 0.3) is 22.4 Å². The summed E-state index contributed by atoms with van der Waals surface area (Å²) in [4.78, 5) is 15.3. The van der Waals surface area contributed by atoms with E-state index < -0.39 is 0 Å². The monoisotopic (exact) mass is 429 g/mol. The molecule has 0 saturated carbocycles. The van der Waals surface area contributed by atoms with Crippen LogP contribution >= 0.6 is 11.8 Å². The number of nitrogens with zero attached hydrogens (tertiary/aromatic N) is 4. The Labute approximate surface area is 182 Å². The summed E-state index contributed by atoms with van der Waals surface area (Å²) in [7, 11) is 0. The van der Waals surface area contributed by atoms with Gasteiger partial charge in [-0.2, -0.15) is 4.98 Å². The van der Waals surface area contributed by atoms with Crippen LogP contribution in [-0.4, -0.2) is 36.4 Å². The molecular formula is C22H19N7OS. The Morgan fingerprint density at radius 2 is 1.90 bits per heavy atom. The molecule has 0 spiro atoms. The predicted molar refractivity (Wildman–Crippen MR) is 122 cm³/mol. The summed E-state index contributed by atoms with van der Waals surface area (Å²) in [6.45, 7) is 2.05. The van der Waals surface area contributed by atoms with Gasteiger partial charge in [-0.25, -0.2) is 4.98 Å². The van der Waals surface area contributed by atoms with Crippen LogP contribution in [-0.2, 0) is 0 Å². The molecule has 0 radical (unpaired) electrons. The lowest BCUT2D eigenvalue weighted by Gasteiger charge is -2.08. The Morgan fingerprint density at radius 3 is 2.77 bits per heavy atom. The van der Waals surface area contributed by atoms with E-state index in [1.54, 1.807) is 0 Å². The molecule has 8 nitrogen and oxygen atoms in total. The van der Waals surface area contributed by atoms with Crippen molar-refractivity contribution in [3.8, 4) is 23.0 Å². The van der Waals surface area contributed by atoms with Crippen molar-refractivity contribution in [3.05, 3.63) is 66.4 Å². The van der Waals surface area contributed by atoms with E-state index in [-0.39, 0.29) is 0 Å². The van der Waals surface area contributed by atoms with E-state index in [1.165, 1.54) is 17.3 Å². The van der Waals surface area contributed by atoms with E-state index >= 15 is 0 Å². The van der Waals surface area contributed by atoms with Gasteiger partial charge < -0.3 is 20.0 Å². The van der Waals surface area contributed by atoms with Crippen molar-refractivity contribution in [1.82, 2.24) is 30.1 Å². The Balaban J connectivity index is 1.40. The number of ether oxygens (including phenoxy) is 1. The number of fused-ring (bicyclic) bond motifs is 1. The van der Waals surface area contributed by atoms with Gasteiger partial charge in [-0.15, -0.1) is 10.2 Å². The standard InChI is InChI=1S/C22H19N7OS/c1-13-5-3-7-15(11-13)24-21-25-18(28-29-21)14-6-4-8-16(12-14)30-20-17-9-10-23-19(17)26-22(27-20)31-2/h3-12H,1-2H3,(H,23,26,27)(H2,24,25,28,29). The number of nitrogens with one attached hydrogen (secondary N) is 3. The lowest BCUT2D eigenvalue weighted by molar-refractivity contribution is 0.463. The van der Waals surface area contributed by atoms with Crippen LogP contribution in [0.2, 0.25) is 0 Å². The first-order valence-electron chi connectivity index (χ1n) is 9.62. The molecule has 3 heterocycles. The van der Waals surface area contributed by atoms with Gasteiger partial charge in [-0.3, -0.25) is 0 Å². The van der Waals surface area contributed by atoms with Gasteiger partial charge in [-0.1, -0.05) is 36.0 Å². The fourth-order valence-corrected chi connectivity index (χ4v) is 3.55. The second kappa shape index (κ2) is 8.11. The van der Waals surface area contributed by atoms with Crippen molar-refractivity contribution in [2.75, 3.05) is 11.6 Å². The Hall–Kier alpha value is -3.85. The normalized spacial score (nSPS) is 11.0. The number of anilines is 2. The second-order valence-electron chi connectivity index (χ2n) is 6.90. The van der Waals surface area contributed by atoms with Gasteiger partial charge in [0.1, 0.15) is 11.4 Å². The third-order valence-electron chi connectivity index (χ3n) is 4.63. The number of aromatic amines is 2. The molecule has 0 atom stereocenters. The molecule has 3 N–H and O–H groups in total. The number of hydrogen-bond acceptors (Lipinski definition) is 7. The molecule has 0 fully saturated rings. The van der Waals surface area contributed by atoms with Crippen LogP contribution < -0.4 is 10.1 Å². The average molecular weight is 430 g/mol. The molecule has 5 aromatic rings. The van der Waals surface area contributed by atoms with E-state index in [0.717, 1.165) is 22.3 Å². The molecule has 0 aliphatic carbocycles. The maximum Gasteiger partial charge on any atom is 0.232 e. The zero-order chi connectivity index (χ0) is 21.2. The number of aryl methyl sites for hydroxylation is 1. The van der Waals surface area contributed by atoms with Crippen LogP contribution in [0.4, 0.5) is 11.6 Å². The number of H-pyrrole nitrogens is 2. The van der Waals surface area contributed by atoms with Crippen molar-refractivity contribution in [1.29, 1.82) is 0 Å². The highest BCUT2D eigenvalue weighted by Crippen LogP contribution is 2.30. The van der Waals surface area contributed by atoms with Gasteiger partial charge in [0.15, 0.2) is 11.0 Å². The van der Waals surface area contributed by atoms with Crippen LogP contribution in [0.15, 0.2) is 66.0 Å². The van der Waals surface area contributed by atoms with Crippen LogP contribution in [0, 0.1) is 6.92 Å². The number of rotatable bonds is 6. The van der Waals surface area contributed by atoms with Gasteiger partial charge in [-0.05, 0) is 49.1 Å². The minimum atomic E-state index is 0.507. The van der Waals surface area contributed by atoms with Gasteiger partial charge >= 0.3 is 0 Å². The molecule has 0 aliphatic rings. The summed E-state index contributed by atoms with van der Waals surface area (Å²) in [5.41, 5.74) is 3.71. The van der Waals surface area contributed by atoms with E-state index in [2.05, 4.69) is 35.5 Å². The van der Waals surface area contributed by atoms with Crippen molar-refractivity contribution in [2.45, 2.75) is 12.1 Å². The average Bonchev–Trinajstić information content (AvgIpc) is 3.43. The van der Waals surface area contributed by atoms with Crippen molar-refractivity contribution < 1.29 is 4.74 Å². The zero-order valence-electron chi connectivity index (χ0n) is 16.9. The molecule has 0 bridgehead atoms. The predicted octanol–water partition coefficient (Wildman–Crippen LogP) is 5.31. The summed E-state index contributed by atoms with van der Waals surface area (Å²) < 4.78 is 6.11. The zero-order valence-corrected chi connectivity index (χ0v) is 17.7. The Kier molecular flexibility index (Phi) is 5.01. The highest BCUT2D eigenvalue weighted by Gasteiger charge is 2.12. The summed E-state index contributed by atoms with van der Waals surface area (Å²) in [6, 6.07) is 17.6. The maximum absolute atomic E-state index is 6.11. The summed E-state index contributed by atoms with van der Waals surface area (Å²) >= 11 is 1.46. The highest BCUT2D eigenvalue weighted by atomic mass is 32.2. The first kappa shape index (κ1) is 19.1. The van der Waals surface area contributed by atoms with E-state index in [9.17, 15) is 0 Å². The van der Waals surface area contributed by atoms with Crippen molar-refractivity contribution in [2.24, 2.45) is 0 Å². The number of hydrogen-bond donors (Lipinski definition) is 3. The molecule has 9 heteroatoms. The van der Waals surface area contributed by atoms with Crippen molar-refractivity contribution >= 4 is 34.4 Å². The quantitative estimate of drug-likeness (QED) is 0.248. The third kappa shape index (κ3) is 4.08. The Bertz CT molecular complexity index is 1360. The second-order valence-corrected chi connectivity index (χ2v) is 7.68. The smallest absolute Gasteiger partial charge is 0.232 e. The minimum absolute atomic E-state index is 0.507. The van der Waals surface area contributed by atoms with E-state index in [4.69, 9.17) is 4.74 Å². The first-order valence-corrected chi connectivity index (χ1v) is 10.8. The lowest BCUT2D eigenvalue weighted by Crippen LogP contribution is -1.94. The summed E-state index contributed by atoms with van der Waals surface area (Å²) in [5, 5.41) is 13.2. The number of thioether (sulfide) groups is 1. The van der Waals surface area contributed by atoms with Gasteiger partial charge in [0.25, 0.3) is 0 Å². The van der Waals surface area contributed by atoms with Crippen molar-refractivity contribution in [3.63, 3.8) is 0 Å². The number of benzene rings is 2. The largest absolute Gasteiger partial charge is 0.438 e. The molecule has 0 amide bonds. The van der Waals surface area contributed by atoms with Crippen LogP contribution in [0.3, 0.4) is 0 Å². The molecular weight excluding hydrogens is 410 g/mol. The first-order chi connectivity index (χ1) is 15.2. The molecule has 31 heavy (non-hydrogen) atoms. The fourth-order valence-electron chi connectivity index (χ4n) is 3.19. The molecule has 154 valence electrons. The Morgan fingerprint density at radius 1 is 1.00 bits per heavy atom. The molecule has 0 unspecified atom stereocenters. The lowest BCUT2D eigenvalue weighted by atomic mass is 10.2. The molecule has 3 aromatic heterocycles. The SMILES string of the molecule is CSc1nc(Oc2cccc(-c3nnc(Nc4cccc(C)c4)[nH]3)c2)c2cc[nH]c2n1. The van der Waals surface area contributed by atoms with Gasteiger partial charge in [0, 0.05) is 17.4 Å². The molecule has 2 aromatic carbocycles. The molecule has 0 aliphatic heterocycles. The minimum Gasteiger partial charge on any atom is -0.438 e. The summed E-state index contributed by atoms with van der Waals surface area (Å²) in [6.07, 6.45) is 3.75. The fraction of sp³-hybridized carbons (Fsp3) is 0.0909. The van der Waals surface area contributed by atoms with E-state index in [0.29, 0.717) is 28.6 Å². The van der Waals surface area contributed by atoms with Crippen LogP contribution in [0.1, 0.15) is 5.56 Å². The van der Waals surface area contributed by atoms with Crippen LogP contribution in [0.5, 0.6) is 11.6 Å². The number of aromatic nitrogens is 6.